The number of aromatic nitrogens is 3. The van der Waals surface area contributed by atoms with Gasteiger partial charge in [-0.3, -0.25) is 4.98 Å². The van der Waals surface area contributed by atoms with Gasteiger partial charge in [0, 0.05) is 49.2 Å². The highest BCUT2D eigenvalue weighted by Gasteiger charge is 2.34. The molecular formula is C27H22F3N5O. The van der Waals surface area contributed by atoms with Gasteiger partial charge in [-0.25, -0.2) is 13.2 Å². The van der Waals surface area contributed by atoms with Crippen molar-refractivity contribution >= 4 is 27.5 Å². The first kappa shape index (κ1) is 22.6. The van der Waals surface area contributed by atoms with Crippen molar-refractivity contribution in [1.82, 2.24) is 20.3 Å². The second-order valence-electron chi connectivity index (χ2n) is 9.19. The summed E-state index contributed by atoms with van der Waals surface area (Å²) >= 11 is 0. The molecule has 182 valence electrons. The number of rotatable bonds is 4. The fourth-order valence-corrected chi connectivity index (χ4v) is 5.31. The normalized spacial score (nSPS) is 20.0. The zero-order chi connectivity index (χ0) is 25.0. The van der Waals surface area contributed by atoms with Gasteiger partial charge < -0.3 is 15.0 Å². The van der Waals surface area contributed by atoms with Gasteiger partial charge in [0.1, 0.15) is 22.8 Å². The number of pyridine rings is 1. The van der Waals surface area contributed by atoms with Crippen molar-refractivity contribution in [3.05, 3.63) is 53.7 Å². The second-order valence-corrected chi connectivity index (χ2v) is 9.19. The molecule has 2 fully saturated rings. The van der Waals surface area contributed by atoms with Gasteiger partial charge in [0.05, 0.1) is 10.9 Å². The molecule has 36 heavy (non-hydrogen) atoms. The highest BCUT2D eigenvalue weighted by atomic mass is 19.1. The van der Waals surface area contributed by atoms with E-state index in [4.69, 9.17) is 11.2 Å². The van der Waals surface area contributed by atoms with Gasteiger partial charge in [-0.1, -0.05) is 30.2 Å². The van der Waals surface area contributed by atoms with Crippen molar-refractivity contribution < 1.29 is 17.9 Å². The number of nitrogens with one attached hydrogen (secondary N) is 1. The van der Waals surface area contributed by atoms with Crippen molar-refractivity contribution in [1.29, 1.82) is 0 Å². The van der Waals surface area contributed by atoms with Crippen LogP contribution in [0.1, 0.15) is 25.3 Å². The quantitative estimate of drug-likeness (QED) is 0.418. The standard InChI is InChI=1S/C27H22F3N5O/c1-3-18-21(29)10-7-15-5-4-6-19(22(15)18)24-23(30)25-20(11-31-24)26(34-27(33-25)36-14(2)28)35-12-16-8-9-17(13-35)32-16/h1,4-7,10-11,14,16-17,32H,8-9,12-13H2,2H3. The summed E-state index contributed by atoms with van der Waals surface area (Å²) < 4.78 is 49.6. The van der Waals surface area contributed by atoms with Gasteiger partial charge in [0.15, 0.2) is 5.82 Å². The molecule has 2 aliphatic heterocycles. The fraction of sp³-hybridized carbons (Fsp3) is 0.296. The number of hydrogen-bond acceptors (Lipinski definition) is 6. The number of halogens is 3. The maximum Gasteiger partial charge on any atom is 0.321 e. The molecule has 9 heteroatoms. The second kappa shape index (κ2) is 8.64. The molecule has 4 heterocycles. The minimum atomic E-state index is -1.68. The van der Waals surface area contributed by atoms with Crippen LogP contribution in [0.4, 0.5) is 19.0 Å². The van der Waals surface area contributed by atoms with E-state index in [2.05, 4.69) is 26.2 Å². The van der Waals surface area contributed by atoms with Gasteiger partial charge in [0.25, 0.3) is 0 Å². The summed E-state index contributed by atoms with van der Waals surface area (Å²) in [6.45, 7) is 2.55. The zero-order valence-corrected chi connectivity index (χ0v) is 19.4. The molecule has 0 amide bonds. The summed E-state index contributed by atoms with van der Waals surface area (Å²) in [5.41, 5.74) is 0.266. The van der Waals surface area contributed by atoms with Gasteiger partial charge in [-0.2, -0.15) is 9.97 Å². The zero-order valence-electron chi connectivity index (χ0n) is 19.4. The molecule has 2 aliphatic rings. The van der Waals surface area contributed by atoms with Crippen LogP contribution in [0.15, 0.2) is 36.5 Å². The van der Waals surface area contributed by atoms with E-state index in [9.17, 15) is 8.78 Å². The van der Waals surface area contributed by atoms with E-state index in [-0.39, 0.29) is 22.8 Å². The molecule has 0 spiro atoms. The lowest BCUT2D eigenvalue weighted by Crippen LogP contribution is -2.51. The van der Waals surface area contributed by atoms with Crippen molar-refractivity contribution in [3.8, 4) is 29.6 Å². The van der Waals surface area contributed by atoms with E-state index >= 15 is 4.39 Å². The minimum Gasteiger partial charge on any atom is -0.429 e. The topological polar surface area (TPSA) is 63.2 Å². The molecule has 2 aromatic carbocycles. The number of anilines is 1. The van der Waals surface area contributed by atoms with Crippen LogP contribution in [0, 0.1) is 24.0 Å². The Morgan fingerprint density at radius 1 is 1.14 bits per heavy atom. The number of fused-ring (bicyclic) bond motifs is 4. The fourth-order valence-electron chi connectivity index (χ4n) is 5.31. The van der Waals surface area contributed by atoms with Crippen LogP contribution in [0.2, 0.25) is 0 Å². The minimum absolute atomic E-state index is 0.0272. The average Bonchev–Trinajstić information content (AvgIpc) is 3.20. The van der Waals surface area contributed by atoms with Crippen LogP contribution >= 0.6 is 0 Å². The van der Waals surface area contributed by atoms with E-state index in [0.717, 1.165) is 12.8 Å². The Labute approximate surface area is 205 Å². The van der Waals surface area contributed by atoms with Gasteiger partial charge in [-0.15, -0.1) is 6.42 Å². The van der Waals surface area contributed by atoms with Crippen molar-refractivity contribution in [3.63, 3.8) is 0 Å². The molecule has 3 unspecified atom stereocenters. The first-order chi connectivity index (χ1) is 17.4. The third-order valence-electron chi connectivity index (χ3n) is 6.82. The Balaban J connectivity index is 1.58. The molecule has 4 aromatic rings. The summed E-state index contributed by atoms with van der Waals surface area (Å²) in [5.74, 6) is 1.50. The van der Waals surface area contributed by atoms with E-state index in [1.165, 1.54) is 19.2 Å². The van der Waals surface area contributed by atoms with E-state index in [1.54, 1.807) is 24.3 Å². The monoisotopic (exact) mass is 489 g/mol. The summed E-state index contributed by atoms with van der Waals surface area (Å²) in [6, 6.07) is 8.33. The molecule has 2 saturated heterocycles. The van der Waals surface area contributed by atoms with Gasteiger partial charge >= 0.3 is 6.01 Å². The van der Waals surface area contributed by atoms with Crippen LogP contribution in [0.3, 0.4) is 0 Å². The third kappa shape index (κ3) is 3.69. The lowest BCUT2D eigenvalue weighted by atomic mass is 9.96. The average molecular weight is 490 g/mol. The number of terminal acetylenes is 1. The number of hydrogen-bond donors (Lipinski definition) is 1. The molecule has 0 saturated carbocycles. The SMILES string of the molecule is C#Cc1c(F)ccc2cccc(-c3ncc4c(N5CC6CCC(C5)N6)nc(OC(C)F)nc4c3F)c12. The highest BCUT2D eigenvalue weighted by Crippen LogP contribution is 2.37. The largest absolute Gasteiger partial charge is 0.429 e. The Kier molecular flexibility index (Phi) is 5.41. The molecular weight excluding hydrogens is 467 g/mol. The number of nitrogens with zero attached hydrogens (tertiary/aromatic N) is 4. The van der Waals surface area contributed by atoms with Gasteiger partial charge in [0.2, 0.25) is 6.36 Å². The number of piperazine rings is 1. The van der Waals surface area contributed by atoms with Crippen LogP contribution in [-0.2, 0) is 0 Å². The predicted octanol–water partition coefficient (Wildman–Crippen LogP) is 4.74. The predicted molar refractivity (Wildman–Crippen MR) is 131 cm³/mol. The van der Waals surface area contributed by atoms with E-state index < -0.39 is 18.0 Å². The lowest BCUT2D eigenvalue weighted by Gasteiger charge is -2.34. The van der Waals surface area contributed by atoms with Crippen molar-refractivity contribution in [2.75, 3.05) is 18.0 Å². The Hall–Kier alpha value is -3.90. The summed E-state index contributed by atoms with van der Waals surface area (Å²) in [7, 11) is 0. The first-order valence-corrected chi connectivity index (χ1v) is 11.8. The van der Waals surface area contributed by atoms with Crippen LogP contribution in [-0.4, -0.2) is 46.5 Å². The molecule has 6 nitrogen and oxygen atoms in total. The Bertz CT molecular complexity index is 1540. The molecule has 2 aromatic heterocycles. The van der Waals surface area contributed by atoms with E-state index in [0.29, 0.717) is 52.7 Å². The van der Waals surface area contributed by atoms with Crippen molar-refractivity contribution in [2.45, 2.75) is 38.2 Å². The maximum absolute atomic E-state index is 16.2. The third-order valence-corrected chi connectivity index (χ3v) is 6.82. The maximum atomic E-state index is 16.2. The van der Waals surface area contributed by atoms with E-state index in [1.807, 2.05) is 4.90 Å². The molecule has 3 atom stereocenters. The number of benzene rings is 2. The number of ether oxygens (including phenoxy) is 1. The molecule has 6 rings (SSSR count). The highest BCUT2D eigenvalue weighted by molar-refractivity contribution is 6.02. The Morgan fingerprint density at radius 3 is 2.64 bits per heavy atom. The summed E-state index contributed by atoms with van der Waals surface area (Å²) in [4.78, 5) is 15.1. The smallest absolute Gasteiger partial charge is 0.321 e. The van der Waals surface area contributed by atoms with Crippen LogP contribution < -0.4 is 15.0 Å². The summed E-state index contributed by atoms with van der Waals surface area (Å²) in [5, 5.41) is 4.97. The van der Waals surface area contributed by atoms with Gasteiger partial charge in [-0.05, 0) is 24.3 Å². The Morgan fingerprint density at radius 2 is 1.92 bits per heavy atom. The molecule has 0 radical (unpaired) electrons. The van der Waals surface area contributed by atoms with Crippen LogP contribution in [0.25, 0.3) is 32.9 Å². The first-order valence-electron chi connectivity index (χ1n) is 11.8. The molecule has 1 N–H and O–H groups in total. The summed E-state index contributed by atoms with van der Waals surface area (Å²) in [6.07, 6.45) is 7.51. The lowest BCUT2D eigenvalue weighted by molar-refractivity contribution is 0.0760. The molecule has 2 bridgehead atoms. The number of alkyl halides is 1. The van der Waals surface area contributed by atoms with Crippen molar-refractivity contribution in [2.24, 2.45) is 0 Å². The molecule has 0 aliphatic carbocycles. The van der Waals surface area contributed by atoms with Crippen LogP contribution in [0.5, 0.6) is 6.01 Å².